The van der Waals surface area contributed by atoms with E-state index in [9.17, 15) is 4.79 Å². The number of amides is 1. The molecule has 27 heavy (non-hydrogen) atoms. The van der Waals surface area contributed by atoms with E-state index >= 15 is 0 Å². The van der Waals surface area contributed by atoms with E-state index in [-0.39, 0.29) is 12.5 Å². The minimum absolute atomic E-state index is 0.0162. The van der Waals surface area contributed by atoms with Crippen LogP contribution in [0.2, 0.25) is 0 Å². The molecule has 1 aliphatic rings. The summed E-state index contributed by atoms with van der Waals surface area (Å²) >= 11 is 0. The zero-order chi connectivity index (χ0) is 19.2. The second-order valence-corrected chi connectivity index (χ2v) is 6.59. The molecule has 0 aliphatic heterocycles. The molecular formula is C22H31NO4. The Bertz CT molecular complexity index is 607. The van der Waals surface area contributed by atoms with Gasteiger partial charge in [-0.05, 0) is 42.9 Å². The third-order valence-electron chi connectivity index (χ3n) is 4.27. The lowest BCUT2D eigenvalue weighted by atomic mass is 10.1. The van der Waals surface area contributed by atoms with Crippen LogP contribution in [0.25, 0.3) is 0 Å². The smallest absolute Gasteiger partial charge is 0.224 e. The molecule has 0 atom stereocenters. The summed E-state index contributed by atoms with van der Waals surface area (Å²) in [5, 5.41) is 11.5. The maximum Gasteiger partial charge on any atom is 0.224 e. The highest BCUT2D eigenvalue weighted by Crippen LogP contribution is 2.16. The van der Waals surface area contributed by atoms with Crippen LogP contribution in [0.15, 0.2) is 48.3 Å². The Hall–Kier alpha value is -2.11. The fourth-order valence-electron chi connectivity index (χ4n) is 2.75. The number of ether oxygens (including phenoxy) is 2. The van der Waals surface area contributed by atoms with E-state index in [1.807, 2.05) is 24.3 Å². The van der Waals surface area contributed by atoms with Gasteiger partial charge in [0.15, 0.2) is 0 Å². The van der Waals surface area contributed by atoms with Gasteiger partial charge in [-0.25, -0.2) is 0 Å². The molecule has 0 heterocycles. The lowest BCUT2D eigenvalue weighted by molar-refractivity contribution is -0.120. The van der Waals surface area contributed by atoms with Crippen LogP contribution in [-0.2, 0) is 27.3 Å². The van der Waals surface area contributed by atoms with E-state index in [0.717, 1.165) is 42.6 Å². The molecule has 0 aromatic heterocycles. The summed E-state index contributed by atoms with van der Waals surface area (Å²) in [7, 11) is 0. The predicted molar refractivity (Wildman–Crippen MR) is 106 cm³/mol. The monoisotopic (exact) mass is 373 g/mol. The number of aliphatic hydroxyl groups is 1. The van der Waals surface area contributed by atoms with E-state index in [2.05, 4.69) is 23.5 Å². The van der Waals surface area contributed by atoms with Crippen molar-refractivity contribution in [3.05, 3.63) is 59.4 Å². The summed E-state index contributed by atoms with van der Waals surface area (Å²) < 4.78 is 11.2. The molecule has 0 radical (unpaired) electrons. The molecule has 2 N–H and O–H groups in total. The second kappa shape index (κ2) is 13.1. The van der Waals surface area contributed by atoms with E-state index in [1.165, 1.54) is 0 Å². The summed E-state index contributed by atoms with van der Waals surface area (Å²) in [6.45, 7) is 2.16. The summed E-state index contributed by atoms with van der Waals surface area (Å²) in [6.07, 6.45) is 11.7. The summed E-state index contributed by atoms with van der Waals surface area (Å²) in [5.41, 5.74) is 2.09. The molecule has 1 aromatic carbocycles. The molecule has 1 amide bonds. The molecule has 0 fully saturated rings. The highest BCUT2D eigenvalue weighted by atomic mass is 16.5. The van der Waals surface area contributed by atoms with Crippen LogP contribution in [0, 0.1) is 0 Å². The molecule has 148 valence electrons. The first-order valence-electron chi connectivity index (χ1n) is 9.78. The molecule has 1 aromatic rings. The fourth-order valence-corrected chi connectivity index (χ4v) is 2.75. The summed E-state index contributed by atoms with van der Waals surface area (Å²) in [4.78, 5) is 11.9. The van der Waals surface area contributed by atoms with Crippen LogP contribution >= 0.6 is 0 Å². The number of hydrogen-bond acceptors (Lipinski definition) is 4. The van der Waals surface area contributed by atoms with Crippen molar-refractivity contribution in [2.75, 3.05) is 26.4 Å². The van der Waals surface area contributed by atoms with Gasteiger partial charge in [0.2, 0.25) is 5.91 Å². The van der Waals surface area contributed by atoms with Crippen LogP contribution in [0.3, 0.4) is 0 Å². The van der Waals surface area contributed by atoms with Crippen molar-refractivity contribution in [3.63, 3.8) is 0 Å². The van der Waals surface area contributed by atoms with E-state index in [1.54, 1.807) is 0 Å². The number of carbonyl (C=O) groups excluding carboxylic acids is 1. The second-order valence-electron chi connectivity index (χ2n) is 6.59. The maximum atomic E-state index is 11.9. The number of benzene rings is 1. The van der Waals surface area contributed by atoms with Crippen molar-refractivity contribution in [2.45, 2.75) is 45.1 Å². The largest absolute Gasteiger partial charge is 0.494 e. The first-order chi connectivity index (χ1) is 13.3. The van der Waals surface area contributed by atoms with Gasteiger partial charge in [-0.15, -0.1) is 0 Å². The molecular weight excluding hydrogens is 342 g/mol. The third-order valence-corrected chi connectivity index (χ3v) is 4.27. The summed E-state index contributed by atoms with van der Waals surface area (Å²) in [6, 6.07) is 7.99. The number of rotatable bonds is 11. The Labute approximate surface area is 162 Å². The van der Waals surface area contributed by atoms with Gasteiger partial charge in [0, 0.05) is 26.2 Å². The maximum absolute atomic E-state index is 11.9. The molecule has 2 rings (SSSR count). The van der Waals surface area contributed by atoms with Gasteiger partial charge in [-0.1, -0.05) is 36.4 Å². The zero-order valence-electron chi connectivity index (χ0n) is 16.0. The van der Waals surface area contributed by atoms with Crippen LogP contribution < -0.4 is 5.32 Å². The zero-order valence-corrected chi connectivity index (χ0v) is 16.0. The standard InChI is InChI=1S/C22H31NO4/c24-14-6-15-26-16-13-23-22(25)17-19-9-11-20(12-10-19)18-27-21-7-4-2-1-3-5-8-21/h1-2,7,9-12,24H,3-6,8,13-18H2,(H,23,25). The average Bonchev–Trinajstić information content (AvgIpc) is 2.65. The number of allylic oxidation sites excluding steroid dienone is 4. The van der Waals surface area contributed by atoms with Crippen molar-refractivity contribution in [1.29, 1.82) is 0 Å². The molecule has 5 heteroatoms. The van der Waals surface area contributed by atoms with Crippen molar-refractivity contribution in [2.24, 2.45) is 0 Å². The molecule has 5 nitrogen and oxygen atoms in total. The SMILES string of the molecule is O=C(Cc1ccc(COC2=CCC=CCCC2)cc1)NCCOCCCO. The van der Waals surface area contributed by atoms with Gasteiger partial charge in [-0.3, -0.25) is 4.79 Å². The Morgan fingerprint density at radius 2 is 1.93 bits per heavy atom. The van der Waals surface area contributed by atoms with Gasteiger partial charge in [-0.2, -0.15) is 0 Å². The van der Waals surface area contributed by atoms with Crippen LogP contribution in [0.1, 0.15) is 43.2 Å². The third kappa shape index (κ3) is 9.40. The van der Waals surface area contributed by atoms with E-state index < -0.39 is 0 Å². The Balaban J connectivity index is 1.66. The lowest BCUT2D eigenvalue weighted by Gasteiger charge is -2.12. The summed E-state index contributed by atoms with van der Waals surface area (Å²) in [5.74, 6) is 1.06. The minimum Gasteiger partial charge on any atom is -0.494 e. The van der Waals surface area contributed by atoms with Gasteiger partial charge in [0.05, 0.1) is 18.8 Å². The number of aliphatic hydroxyl groups excluding tert-OH is 1. The van der Waals surface area contributed by atoms with Crippen LogP contribution in [-0.4, -0.2) is 37.4 Å². The number of nitrogens with one attached hydrogen (secondary N) is 1. The molecule has 0 bridgehead atoms. The van der Waals surface area contributed by atoms with Crippen LogP contribution in [0.5, 0.6) is 0 Å². The number of hydrogen-bond donors (Lipinski definition) is 2. The van der Waals surface area contributed by atoms with Gasteiger partial charge >= 0.3 is 0 Å². The van der Waals surface area contributed by atoms with Gasteiger partial charge in [0.25, 0.3) is 0 Å². The Kier molecular flexibility index (Phi) is 10.3. The van der Waals surface area contributed by atoms with Gasteiger partial charge in [0.1, 0.15) is 6.61 Å². The van der Waals surface area contributed by atoms with E-state index in [0.29, 0.717) is 39.2 Å². The van der Waals surface area contributed by atoms with E-state index in [4.69, 9.17) is 14.6 Å². The van der Waals surface area contributed by atoms with Gasteiger partial charge < -0.3 is 19.9 Å². The molecule has 0 unspecified atom stereocenters. The Morgan fingerprint density at radius 1 is 1.11 bits per heavy atom. The minimum atomic E-state index is -0.0162. The van der Waals surface area contributed by atoms with Crippen molar-refractivity contribution < 1.29 is 19.4 Å². The Morgan fingerprint density at radius 3 is 2.74 bits per heavy atom. The highest BCUT2D eigenvalue weighted by molar-refractivity contribution is 5.78. The highest BCUT2D eigenvalue weighted by Gasteiger charge is 2.05. The van der Waals surface area contributed by atoms with Crippen molar-refractivity contribution in [1.82, 2.24) is 5.32 Å². The molecule has 0 saturated carbocycles. The normalized spacial score (nSPS) is 14.2. The fraction of sp³-hybridized carbons (Fsp3) is 0.500. The quantitative estimate of drug-likeness (QED) is 0.461. The predicted octanol–water partition coefficient (Wildman–Crippen LogP) is 3.28. The van der Waals surface area contributed by atoms with Crippen molar-refractivity contribution >= 4 is 5.91 Å². The topological polar surface area (TPSA) is 67.8 Å². The number of carbonyl (C=O) groups is 1. The van der Waals surface area contributed by atoms with Crippen LogP contribution in [0.4, 0.5) is 0 Å². The lowest BCUT2D eigenvalue weighted by Crippen LogP contribution is -2.28. The molecule has 0 spiro atoms. The molecule has 0 saturated heterocycles. The first kappa shape index (κ1) is 21.2. The molecule has 1 aliphatic carbocycles. The first-order valence-corrected chi connectivity index (χ1v) is 9.78. The average molecular weight is 373 g/mol. The van der Waals surface area contributed by atoms with Crippen molar-refractivity contribution in [3.8, 4) is 0 Å².